The minimum atomic E-state index is -1.07. The van der Waals surface area contributed by atoms with Crippen molar-refractivity contribution in [3.05, 3.63) is 76.2 Å². The maximum atomic E-state index is 14.1. The molecule has 4 rings (SSSR count). The van der Waals surface area contributed by atoms with Gasteiger partial charge in [-0.2, -0.15) is 0 Å². The van der Waals surface area contributed by atoms with Gasteiger partial charge in [0.2, 0.25) is 5.43 Å². The molecule has 2 nitrogen and oxygen atoms in total. The lowest BCUT2D eigenvalue weighted by Crippen LogP contribution is -2.09. The average Bonchev–Trinajstić information content (AvgIpc) is 2.56. The Labute approximate surface area is 126 Å². The zero-order valence-electron chi connectivity index (χ0n) is 11.8. The largest absolute Gasteiger partial charge is 0.463 e. The number of alkyl halides is 1. The van der Waals surface area contributed by atoms with Crippen LogP contribution in [0.3, 0.4) is 0 Å². The molecule has 1 unspecified atom stereocenters. The molecule has 1 heterocycles. The third-order valence-corrected chi connectivity index (χ3v) is 4.07. The van der Waals surface area contributed by atoms with E-state index in [1.165, 1.54) is 6.26 Å². The van der Waals surface area contributed by atoms with Crippen molar-refractivity contribution < 1.29 is 8.81 Å². The smallest absolute Gasteiger partial charge is 0.201 e. The van der Waals surface area contributed by atoms with Crippen molar-refractivity contribution in [3.8, 4) is 11.1 Å². The third kappa shape index (κ3) is 1.90. The molecule has 1 aromatic heterocycles. The maximum Gasteiger partial charge on any atom is 0.201 e. The normalized spacial score (nSPS) is 16.7. The molecule has 0 spiro atoms. The molecule has 0 amide bonds. The van der Waals surface area contributed by atoms with Crippen molar-refractivity contribution in [2.75, 3.05) is 0 Å². The quantitative estimate of drug-likeness (QED) is 0.639. The van der Waals surface area contributed by atoms with Crippen molar-refractivity contribution in [1.82, 2.24) is 0 Å². The van der Waals surface area contributed by atoms with Crippen molar-refractivity contribution in [2.45, 2.75) is 12.6 Å². The van der Waals surface area contributed by atoms with Gasteiger partial charge in [0.15, 0.2) is 0 Å². The summed E-state index contributed by atoms with van der Waals surface area (Å²) in [5.74, 6) is 0. The standard InChI is InChI=1S/C19H13FO2/c20-16-8-4-7-14-13(16)9-10-17-18(14)19(21)15(11-22-17)12-5-2-1-3-6-12/h1-7,9-11,16H,8H2. The number of fused-ring (bicyclic) bond motifs is 3. The second-order valence-corrected chi connectivity index (χ2v) is 5.39. The van der Waals surface area contributed by atoms with Gasteiger partial charge < -0.3 is 4.42 Å². The Morgan fingerprint density at radius 3 is 2.73 bits per heavy atom. The zero-order chi connectivity index (χ0) is 15.1. The summed E-state index contributed by atoms with van der Waals surface area (Å²) < 4.78 is 19.7. The number of benzene rings is 2. The summed E-state index contributed by atoms with van der Waals surface area (Å²) >= 11 is 0. The summed E-state index contributed by atoms with van der Waals surface area (Å²) in [5, 5.41) is 0.456. The first-order valence-electron chi connectivity index (χ1n) is 7.20. The second kappa shape index (κ2) is 4.95. The van der Waals surface area contributed by atoms with E-state index in [1.807, 2.05) is 36.4 Å². The van der Waals surface area contributed by atoms with Gasteiger partial charge in [0.25, 0.3) is 0 Å². The predicted octanol–water partition coefficient (Wildman–Crippen LogP) is 4.89. The van der Waals surface area contributed by atoms with Crippen LogP contribution in [0, 0.1) is 0 Å². The molecule has 1 atom stereocenters. The molecule has 0 saturated heterocycles. The summed E-state index contributed by atoms with van der Waals surface area (Å²) in [5.41, 5.74) is 2.86. The van der Waals surface area contributed by atoms with Gasteiger partial charge in [-0.15, -0.1) is 0 Å². The van der Waals surface area contributed by atoms with Crippen LogP contribution >= 0.6 is 0 Å². The van der Waals surface area contributed by atoms with Crippen molar-refractivity contribution in [1.29, 1.82) is 0 Å². The van der Waals surface area contributed by atoms with E-state index in [-0.39, 0.29) is 5.43 Å². The second-order valence-electron chi connectivity index (χ2n) is 5.39. The summed E-state index contributed by atoms with van der Waals surface area (Å²) in [6.45, 7) is 0. The third-order valence-electron chi connectivity index (χ3n) is 4.07. The fourth-order valence-electron chi connectivity index (χ4n) is 2.96. The highest BCUT2D eigenvalue weighted by Crippen LogP contribution is 2.34. The maximum absolute atomic E-state index is 14.1. The van der Waals surface area contributed by atoms with Crippen LogP contribution < -0.4 is 5.43 Å². The van der Waals surface area contributed by atoms with E-state index in [1.54, 1.807) is 18.2 Å². The van der Waals surface area contributed by atoms with Crippen molar-refractivity contribution >= 4 is 17.0 Å². The van der Waals surface area contributed by atoms with E-state index >= 15 is 0 Å². The Morgan fingerprint density at radius 1 is 1.09 bits per heavy atom. The molecular weight excluding hydrogens is 279 g/mol. The highest BCUT2D eigenvalue weighted by atomic mass is 19.1. The molecule has 0 N–H and O–H groups in total. The molecule has 0 bridgehead atoms. The van der Waals surface area contributed by atoms with E-state index in [0.29, 0.717) is 34.1 Å². The topological polar surface area (TPSA) is 30.2 Å². The van der Waals surface area contributed by atoms with E-state index < -0.39 is 6.17 Å². The van der Waals surface area contributed by atoms with Crippen LogP contribution in [0.5, 0.6) is 0 Å². The molecule has 3 heteroatoms. The molecule has 0 saturated carbocycles. The number of hydrogen-bond donors (Lipinski definition) is 0. The first kappa shape index (κ1) is 13.0. The highest BCUT2D eigenvalue weighted by molar-refractivity contribution is 5.91. The van der Waals surface area contributed by atoms with Crippen LogP contribution in [0.25, 0.3) is 28.2 Å². The Hall–Kier alpha value is -2.68. The van der Waals surface area contributed by atoms with Crippen molar-refractivity contribution in [2.24, 2.45) is 0 Å². The van der Waals surface area contributed by atoms with Gasteiger partial charge in [0, 0.05) is 6.42 Å². The summed E-state index contributed by atoms with van der Waals surface area (Å²) in [4.78, 5) is 12.9. The molecule has 3 aromatic rings. The lowest BCUT2D eigenvalue weighted by Gasteiger charge is -2.16. The lowest BCUT2D eigenvalue weighted by atomic mass is 9.92. The van der Waals surface area contributed by atoms with E-state index in [2.05, 4.69) is 0 Å². The molecule has 1 aliphatic carbocycles. The Bertz CT molecular complexity index is 939. The molecule has 22 heavy (non-hydrogen) atoms. The van der Waals surface area contributed by atoms with Gasteiger partial charge in [-0.05, 0) is 22.8 Å². The fraction of sp³-hybridized carbons (Fsp3) is 0.105. The van der Waals surface area contributed by atoms with E-state index in [0.717, 1.165) is 5.56 Å². The van der Waals surface area contributed by atoms with Gasteiger partial charge in [-0.1, -0.05) is 48.6 Å². The number of hydrogen-bond acceptors (Lipinski definition) is 2. The summed E-state index contributed by atoms with van der Waals surface area (Å²) in [7, 11) is 0. The minimum absolute atomic E-state index is 0.122. The van der Waals surface area contributed by atoms with E-state index in [9.17, 15) is 9.18 Å². The van der Waals surface area contributed by atoms with Crippen LogP contribution in [0.2, 0.25) is 0 Å². The van der Waals surface area contributed by atoms with Crippen LogP contribution in [0.15, 0.2) is 64.0 Å². The van der Waals surface area contributed by atoms with Crippen LogP contribution in [-0.2, 0) is 0 Å². The molecule has 2 aromatic carbocycles. The van der Waals surface area contributed by atoms with Gasteiger partial charge >= 0.3 is 0 Å². The van der Waals surface area contributed by atoms with Gasteiger partial charge in [-0.3, -0.25) is 4.79 Å². The molecular formula is C19H13FO2. The first-order valence-corrected chi connectivity index (χ1v) is 7.20. The molecule has 0 aliphatic heterocycles. The van der Waals surface area contributed by atoms with Crippen LogP contribution in [-0.4, -0.2) is 0 Å². The Kier molecular flexibility index (Phi) is 2.93. The van der Waals surface area contributed by atoms with Crippen LogP contribution in [0.4, 0.5) is 4.39 Å². The summed E-state index contributed by atoms with van der Waals surface area (Å²) in [6.07, 6.45) is 4.35. The molecule has 0 fully saturated rings. The monoisotopic (exact) mass is 292 g/mol. The average molecular weight is 292 g/mol. The SMILES string of the molecule is O=c1c(-c2ccccc2)coc2ccc3c(c12)C=CCC3F. The Balaban J connectivity index is 2.07. The highest BCUT2D eigenvalue weighted by Gasteiger charge is 2.21. The summed E-state index contributed by atoms with van der Waals surface area (Å²) in [6, 6.07) is 12.7. The van der Waals surface area contributed by atoms with Gasteiger partial charge in [0.05, 0.1) is 10.9 Å². The lowest BCUT2D eigenvalue weighted by molar-refractivity contribution is 0.345. The van der Waals surface area contributed by atoms with Gasteiger partial charge in [-0.25, -0.2) is 4.39 Å². The predicted molar refractivity (Wildman–Crippen MR) is 85.4 cm³/mol. The van der Waals surface area contributed by atoms with Crippen molar-refractivity contribution in [3.63, 3.8) is 0 Å². The molecule has 108 valence electrons. The Morgan fingerprint density at radius 2 is 1.91 bits per heavy atom. The number of allylic oxidation sites excluding steroid dienone is 1. The number of rotatable bonds is 1. The van der Waals surface area contributed by atoms with E-state index in [4.69, 9.17) is 4.42 Å². The van der Waals surface area contributed by atoms with Gasteiger partial charge in [0.1, 0.15) is 18.0 Å². The minimum Gasteiger partial charge on any atom is -0.463 e. The molecule has 1 aliphatic rings. The van der Waals surface area contributed by atoms with Crippen LogP contribution in [0.1, 0.15) is 23.7 Å². The first-order chi connectivity index (χ1) is 10.8. The zero-order valence-corrected chi connectivity index (χ0v) is 11.8. The number of halogens is 1. The molecule has 0 radical (unpaired) electrons. The fourth-order valence-corrected chi connectivity index (χ4v) is 2.96.